The summed E-state index contributed by atoms with van der Waals surface area (Å²) in [6.45, 7) is 13.7. The van der Waals surface area contributed by atoms with Crippen LogP contribution >= 0.6 is 23.2 Å². The van der Waals surface area contributed by atoms with Crippen molar-refractivity contribution in [1.29, 1.82) is 0 Å². The standard InChI is InChI=1S/C19H26BClN2O3.C13H15ClN2O2.2CH4/c1-12-9-10-13-15(16(12)20-25-18(2,3)19(4,5)26-20)17(21)22-23(13)14-8-6-7-11-24-14;1-8-5-6-9-11(12(8)17)13(14)15-16(9)10-4-2-3-7-18-10;;/h9-10,14H,6-8,11H2,1-5H3;5-6,10,17H,2-4,7H2,1H3;2*1H4. The van der Waals surface area contributed by atoms with Gasteiger partial charge in [-0.25, -0.2) is 9.36 Å². The van der Waals surface area contributed by atoms with E-state index in [2.05, 4.69) is 56.9 Å². The van der Waals surface area contributed by atoms with E-state index in [4.69, 9.17) is 42.0 Å². The summed E-state index contributed by atoms with van der Waals surface area (Å²) >= 11 is 12.7. The van der Waals surface area contributed by atoms with Gasteiger partial charge in [-0.15, -0.1) is 0 Å². The molecule has 2 aromatic heterocycles. The Morgan fingerprint density at radius 1 is 0.739 bits per heavy atom. The van der Waals surface area contributed by atoms with E-state index in [-0.39, 0.29) is 33.1 Å². The Labute approximate surface area is 283 Å². The molecular formula is C34H49BCl2N4O5. The van der Waals surface area contributed by atoms with Crippen LogP contribution in [0.3, 0.4) is 0 Å². The Balaban J connectivity index is 0.000000212. The van der Waals surface area contributed by atoms with Crippen LogP contribution in [0.5, 0.6) is 5.75 Å². The fraction of sp³-hybridized carbons (Fsp3) is 0.588. The minimum absolute atomic E-state index is 0. The number of rotatable bonds is 3. The van der Waals surface area contributed by atoms with Gasteiger partial charge in [0, 0.05) is 18.6 Å². The zero-order chi connectivity index (χ0) is 31.4. The molecule has 0 amide bonds. The molecule has 4 aromatic rings. The zero-order valence-electron chi connectivity index (χ0n) is 26.3. The van der Waals surface area contributed by atoms with Crippen molar-refractivity contribution in [2.24, 2.45) is 0 Å². The maximum absolute atomic E-state index is 10.1. The molecule has 0 bridgehead atoms. The quantitative estimate of drug-likeness (QED) is 0.217. The molecule has 0 spiro atoms. The molecule has 3 aliphatic rings. The van der Waals surface area contributed by atoms with Gasteiger partial charge in [0.25, 0.3) is 0 Å². The predicted molar refractivity (Wildman–Crippen MR) is 187 cm³/mol. The highest BCUT2D eigenvalue weighted by Crippen LogP contribution is 2.39. The van der Waals surface area contributed by atoms with Crippen molar-refractivity contribution in [3.05, 3.63) is 45.7 Å². The number of phenols is 1. The molecule has 0 saturated carbocycles. The highest BCUT2D eigenvalue weighted by molar-refractivity contribution is 6.66. The summed E-state index contributed by atoms with van der Waals surface area (Å²) in [5.41, 5.74) is 3.85. The van der Waals surface area contributed by atoms with Crippen LogP contribution in [0.1, 0.15) is 105 Å². The van der Waals surface area contributed by atoms with Crippen molar-refractivity contribution in [3.8, 4) is 5.75 Å². The maximum atomic E-state index is 10.1. The Morgan fingerprint density at radius 3 is 1.67 bits per heavy atom. The number of ether oxygens (including phenoxy) is 2. The van der Waals surface area contributed by atoms with Crippen molar-refractivity contribution in [1.82, 2.24) is 19.6 Å². The molecule has 46 heavy (non-hydrogen) atoms. The zero-order valence-corrected chi connectivity index (χ0v) is 27.8. The summed E-state index contributed by atoms with van der Waals surface area (Å²) in [5, 5.41) is 21.3. The molecule has 0 aliphatic carbocycles. The molecule has 12 heteroatoms. The maximum Gasteiger partial charge on any atom is 0.495 e. The van der Waals surface area contributed by atoms with Gasteiger partial charge in [-0.05, 0) is 103 Å². The summed E-state index contributed by atoms with van der Waals surface area (Å²) in [7, 11) is -0.467. The number of hydrogen-bond donors (Lipinski definition) is 1. The monoisotopic (exact) mass is 674 g/mol. The van der Waals surface area contributed by atoms with Gasteiger partial charge in [0.05, 0.1) is 27.6 Å². The lowest BCUT2D eigenvalue weighted by Gasteiger charge is -2.32. The summed E-state index contributed by atoms with van der Waals surface area (Å²) in [5.74, 6) is 0.208. The van der Waals surface area contributed by atoms with Gasteiger partial charge in [0.1, 0.15) is 5.75 Å². The number of phenolic OH excluding ortho intramolecular Hbond substituents is 1. The van der Waals surface area contributed by atoms with Gasteiger partial charge in [-0.2, -0.15) is 10.2 Å². The minimum Gasteiger partial charge on any atom is -0.507 e. The van der Waals surface area contributed by atoms with Gasteiger partial charge >= 0.3 is 7.12 Å². The second-order valence-electron chi connectivity index (χ2n) is 13.0. The number of benzene rings is 2. The lowest BCUT2D eigenvalue weighted by molar-refractivity contribution is -0.0367. The van der Waals surface area contributed by atoms with E-state index in [9.17, 15) is 5.11 Å². The number of aryl methyl sites for hydroxylation is 2. The van der Waals surface area contributed by atoms with Gasteiger partial charge in [0.2, 0.25) is 0 Å². The van der Waals surface area contributed by atoms with Crippen LogP contribution in [-0.4, -0.2) is 56.2 Å². The number of fused-ring (bicyclic) bond motifs is 2. The topological polar surface area (TPSA) is 92.8 Å². The third kappa shape index (κ3) is 6.54. The number of aromatic hydroxyl groups is 1. The average Bonchev–Trinajstić information content (AvgIpc) is 3.59. The molecule has 2 unspecified atom stereocenters. The first-order valence-corrected chi connectivity index (χ1v) is 16.3. The minimum atomic E-state index is -0.467. The Kier molecular flexibility index (Phi) is 11.1. The number of hydrogen-bond acceptors (Lipinski definition) is 7. The second kappa shape index (κ2) is 14.0. The van der Waals surface area contributed by atoms with Crippen molar-refractivity contribution in [2.45, 2.75) is 119 Å². The third-order valence-electron chi connectivity index (χ3n) is 9.44. The van der Waals surface area contributed by atoms with E-state index in [0.717, 1.165) is 84.7 Å². The molecule has 7 rings (SSSR count). The van der Waals surface area contributed by atoms with E-state index in [1.807, 2.05) is 23.7 Å². The lowest BCUT2D eigenvalue weighted by Crippen LogP contribution is -2.41. The predicted octanol–water partition coefficient (Wildman–Crippen LogP) is 8.67. The molecule has 1 N–H and O–H groups in total. The van der Waals surface area contributed by atoms with E-state index < -0.39 is 18.3 Å². The van der Waals surface area contributed by atoms with Gasteiger partial charge in [0.15, 0.2) is 22.8 Å². The summed E-state index contributed by atoms with van der Waals surface area (Å²) in [6.07, 6.45) is 6.20. The Hall–Kier alpha value is -2.34. The van der Waals surface area contributed by atoms with Crippen molar-refractivity contribution in [3.63, 3.8) is 0 Å². The van der Waals surface area contributed by atoms with E-state index >= 15 is 0 Å². The van der Waals surface area contributed by atoms with Gasteiger partial charge in [-0.3, -0.25) is 0 Å². The number of aromatic nitrogens is 4. The summed E-state index contributed by atoms with van der Waals surface area (Å²) in [4.78, 5) is 0. The normalized spacial score (nSPS) is 22.2. The molecule has 3 fully saturated rings. The first-order valence-electron chi connectivity index (χ1n) is 15.5. The molecule has 252 valence electrons. The fourth-order valence-corrected chi connectivity index (χ4v) is 6.68. The van der Waals surface area contributed by atoms with Crippen LogP contribution in [0, 0.1) is 13.8 Å². The van der Waals surface area contributed by atoms with E-state index in [0.29, 0.717) is 15.7 Å². The SMILES string of the molecule is C.C.Cc1ccc2c(c(Cl)nn2C2CCCCO2)c1B1OC(C)(C)C(C)(C)O1.Cc1ccc2c(c(Cl)nn2C2CCCCO2)c1O. The van der Waals surface area contributed by atoms with Crippen LogP contribution in [-0.2, 0) is 18.8 Å². The van der Waals surface area contributed by atoms with Crippen molar-refractivity contribution < 1.29 is 23.9 Å². The van der Waals surface area contributed by atoms with Crippen molar-refractivity contribution in [2.75, 3.05) is 13.2 Å². The van der Waals surface area contributed by atoms with Crippen LogP contribution in [0.15, 0.2) is 24.3 Å². The molecule has 3 saturated heterocycles. The smallest absolute Gasteiger partial charge is 0.495 e. The Morgan fingerprint density at radius 2 is 1.20 bits per heavy atom. The molecule has 5 heterocycles. The molecule has 2 atom stereocenters. The molecular weight excluding hydrogens is 626 g/mol. The third-order valence-corrected chi connectivity index (χ3v) is 9.97. The summed E-state index contributed by atoms with van der Waals surface area (Å²) in [6, 6.07) is 7.95. The summed E-state index contributed by atoms with van der Waals surface area (Å²) < 4.78 is 28.0. The number of nitrogens with zero attached hydrogens (tertiary/aromatic N) is 4. The average molecular weight is 676 g/mol. The molecule has 9 nitrogen and oxygen atoms in total. The molecule has 3 aliphatic heterocycles. The van der Waals surface area contributed by atoms with Gasteiger partial charge in [-0.1, -0.05) is 55.8 Å². The highest BCUT2D eigenvalue weighted by Gasteiger charge is 2.52. The first-order chi connectivity index (χ1) is 20.9. The largest absolute Gasteiger partial charge is 0.507 e. The molecule has 2 aromatic carbocycles. The first kappa shape index (κ1) is 36.5. The highest BCUT2D eigenvalue weighted by atomic mass is 35.5. The lowest BCUT2D eigenvalue weighted by atomic mass is 9.74. The van der Waals surface area contributed by atoms with E-state index in [1.165, 1.54) is 0 Å². The number of halogens is 2. The van der Waals surface area contributed by atoms with Crippen LogP contribution in [0.2, 0.25) is 10.3 Å². The van der Waals surface area contributed by atoms with Crippen molar-refractivity contribution >= 4 is 57.6 Å². The van der Waals surface area contributed by atoms with E-state index in [1.54, 1.807) is 4.68 Å². The molecule has 0 radical (unpaired) electrons. The van der Waals surface area contributed by atoms with Crippen LogP contribution in [0.4, 0.5) is 0 Å². The second-order valence-corrected chi connectivity index (χ2v) is 13.7. The van der Waals surface area contributed by atoms with Crippen LogP contribution in [0.25, 0.3) is 21.8 Å². The Bertz CT molecular complexity index is 1660. The van der Waals surface area contributed by atoms with Crippen LogP contribution < -0.4 is 5.46 Å². The fourth-order valence-electron chi connectivity index (χ4n) is 6.13. The van der Waals surface area contributed by atoms with Gasteiger partial charge < -0.3 is 23.9 Å².